The molecule has 4 rings (SSSR count). The van der Waals surface area contributed by atoms with E-state index in [-0.39, 0.29) is 0 Å². The number of nitro groups is 1. The van der Waals surface area contributed by atoms with Gasteiger partial charge in [-0.05, 0) is 37.1 Å². The van der Waals surface area contributed by atoms with Crippen LogP contribution in [0.4, 0.5) is 27.5 Å². The van der Waals surface area contributed by atoms with Gasteiger partial charge < -0.3 is 10.6 Å². The predicted octanol–water partition coefficient (Wildman–Crippen LogP) is 5.07. The highest BCUT2D eigenvalue weighted by atomic mass is 19.1. The number of nitro benzene ring substituents is 1. The second kappa shape index (κ2) is 8.81. The Morgan fingerprint density at radius 3 is 2.67 bits per heavy atom. The van der Waals surface area contributed by atoms with Crippen LogP contribution in [0, 0.1) is 15.9 Å². The fraction of sp³-hybridized carbons (Fsp3) is 0.286. The van der Waals surface area contributed by atoms with Crippen molar-refractivity contribution in [2.45, 2.75) is 38.1 Å². The van der Waals surface area contributed by atoms with Crippen LogP contribution in [0.1, 0.15) is 32.1 Å². The number of rotatable bonds is 6. The Bertz CT molecular complexity index is 1040. The minimum atomic E-state index is -0.885. The van der Waals surface area contributed by atoms with E-state index in [0.29, 0.717) is 29.2 Å². The molecule has 2 aromatic heterocycles. The van der Waals surface area contributed by atoms with E-state index in [1.807, 2.05) is 12.1 Å². The number of hydrogen-bond donors (Lipinski definition) is 2. The maximum absolute atomic E-state index is 13.7. The minimum Gasteiger partial charge on any atom is -0.351 e. The molecule has 1 aliphatic carbocycles. The molecule has 30 heavy (non-hydrogen) atoms. The van der Waals surface area contributed by atoms with Gasteiger partial charge in [0, 0.05) is 41.8 Å². The lowest BCUT2D eigenvalue weighted by Crippen LogP contribution is -2.23. The van der Waals surface area contributed by atoms with E-state index in [9.17, 15) is 14.5 Å². The molecule has 1 fully saturated rings. The number of aromatic nitrogens is 3. The zero-order chi connectivity index (χ0) is 20.9. The largest absolute Gasteiger partial charge is 0.351 e. The van der Waals surface area contributed by atoms with Crippen molar-refractivity contribution in [1.82, 2.24) is 15.0 Å². The molecule has 9 heteroatoms. The molecule has 0 bridgehead atoms. The van der Waals surface area contributed by atoms with E-state index in [2.05, 4.69) is 25.6 Å². The van der Waals surface area contributed by atoms with Crippen molar-refractivity contribution in [1.29, 1.82) is 0 Å². The number of nitrogens with zero attached hydrogens (tertiary/aromatic N) is 4. The molecule has 1 aliphatic rings. The maximum atomic E-state index is 13.7. The summed E-state index contributed by atoms with van der Waals surface area (Å²) in [5.41, 5.74) is 1.25. The Hall–Kier alpha value is -3.62. The average molecular weight is 408 g/mol. The van der Waals surface area contributed by atoms with Crippen molar-refractivity contribution < 1.29 is 9.31 Å². The quantitative estimate of drug-likeness (QED) is 0.433. The summed E-state index contributed by atoms with van der Waals surface area (Å²) in [5.74, 6) is 0.0365. The van der Waals surface area contributed by atoms with Crippen LogP contribution in [0.2, 0.25) is 0 Å². The molecule has 0 unspecified atom stereocenters. The van der Waals surface area contributed by atoms with Gasteiger partial charge in [0.15, 0.2) is 0 Å². The molecule has 154 valence electrons. The summed E-state index contributed by atoms with van der Waals surface area (Å²) in [5, 5.41) is 17.5. The summed E-state index contributed by atoms with van der Waals surface area (Å²) in [6.45, 7) is 0. The molecule has 0 aliphatic heterocycles. The molecule has 0 amide bonds. The SMILES string of the molecule is O=[N+]([O-])c1cc(Nc2cc(-c3cccnc3)nc(NC3CCCCC3)n2)ccc1F. The van der Waals surface area contributed by atoms with Gasteiger partial charge in [-0.1, -0.05) is 19.3 Å². The third kappa shape index (κ3) is 4.68. The van der Waals surface area contributed by atoms with E-state index in [4.69, 9.17) is 0 Å². The van der Waals surface area contributed by atoms with Crippen LogP contribution in [0.25, 0.3) is 11.3 Å². The molecule has 1 saturated carbocycles. The van der Waals surface area contributed by atoms with E-state index < -0.39 is 16.4 Å². The summed E-state index contributed by atoms with van der Waals surface area (Å²) < 4.78 is 13.7. The lowest BCUT2D eigenvalue weighted by molar-refractivity contribution is -0.387. The normalized spacial score (nSPS) is 14.3. The van der Waals surface area contributed by atoms with Gasteiger partial charge in [-0.15, -0.1) is 0 Å². The second-order valence-electron chi connectivity index (χ2n) is 7.23. The molecule has 3 aromatic rings. The fourth-order valence-electron chi connectivity index (χ4n) is 3.55. The van der Waals surface area contributed by atoms with Gasteiger partial charge in [0.25, 0.3) is 0 Å². The topological polar surface area (TPSA) is 106 Å². The number of anilines is 3. The van der Waals surface area contributed by atoms with E-state index >= 15 is 0 Å². The maximum Gasteiger partial charge on any atom is 0.306 e. The van der Waals surface area contributed by atoms with Crippen LogP contribution >= 0.6 is 0 Å². The molecule has 8 nitrogen and oxygen atoms in total. The van der Waals surface area contributed by atoms with Crippen molar-refractivity contribution in [3.63, 3.8) is 0 Å². The molecule has 0 radical (unpaired) electrons. The van der Waals surface area contributed by atoms with Crippen LogP contribution in [0.5, 0.6) is 0 Å². The van der Waals surface area contributed by atoms with Crippen LogP contribution in [-0.2, 0) is 0 Å². The lowest BCUT2D eigenvalue weighted by Gasteiger charge is -2.23. The molecule has 2 N–H and O–H groups in total. The van der Waals surface area contributed by atoms with Gasteiger partial charge in [-0.2, -0.15) is 9.37 Å². The van der Waals surface area contributed by atoms with Crippen LogP contribution in [0.3, 0.4) is 0 Å². The molecule has 1 aromatic carbocycles. The highest BCUT2D eigenvalue weighted by molar-refractivity contribution is 5.67. The molecular formula is C21H21FN6O2. The van der Waals surface area contributed by atoms with Gasteiger partial charge >= 0.3 is 5.69 Å². The lowest BCUT2D eigenvalue weighted by atomic mass is 9.96. The average Bonchev–Trinajstić information content (AvgIpc) is 2.76. The third-order valence-corrected chi connectivity index (χ3v) is 5.04. The Morgan fingerprint density at radius 2 is 1.93 bits per heavy atom. The summed E-state index contributed by atoms with van der Waals surface area (Å²) in [4.78, 5) is 23.6. The van der Waals surface area contributed by atoms with E-state index in [0.717, 1.165) is 30.5 Å². The van der Waals surface area contributed by atoms with Crippen molar-refractivity contribution in [2.75, 3.05) is 10.6 Å². The summed E-state index contributed by atoms with van der Waals surface area (Å²) >= 11 is 0. The second-order valence-corrected chi connectivity index (χ2v) is 7.23. The minimum absolute atomic E-state index is 0.308. The Kier molecular flexibility index (Phi) is 5.78. The molecule has 0 atom stereocenters. The number of benzene rings is 1. The summed E-state index contributed by atoms with van der Waals surface area (Å²) in [6.07, 6.45) is 9.10. The monoisotopic (exact) mass is 408 g/mol. The zero-order valence-electron chi connectivity index (χ0n) is 16.2. The highest BCUT2D eigenvalue weighted by Gasteiger charge is 2.17. The van der Waals surface area contributed by atoms with Crippen LogP contribution < -0.4 is 10.6 Å². The van der Waals surface area contributed by atoms with Crippen LogP contribution in [-0.4, -0.2) is 25.9 Å². The molecule has 0 spiro atoms. The molecular weight excluding hydrogens is 387 g/mol. The number of halogens is 1. The van der Waals surface area contributed by atoms with Gasteiger partial charge in [0.1, 0.15) is 5.82 Å². The number of pyridine rings is 1. The number of hydrogen-bond acceptors (Lipinski definition) is 7. The zero-order valence-corrected chi connectivity index (χ0v) is 16.2. The first kappa shape index (κ1) is 19.7. The van der Waals surface area contributed by atoms with Crippen molar-refractivity contribution in [2.24, 2.45) is 0 Å². The summed E-state index contributed by atoms with van der Waals surface area (Å²) in [7, 11) is 0. The van der Waals surface area contributed by atoms with Crippen LogP contribution in [0.15, 0.2) is 48.8 Å². The Labute approximate surface area is 172 Å². The van der Waals surface area contributed by atoms with E-state index in [1.54, 1.807) is 18.5 Å². The van der Waals surface area contributed by atoms with Gasteiger partial charge in [-0.25, -0.2) is 4.98 Å². The predicted molar refractivity (Wildman–Crippen MR) is 112 cm³/mol. The summed E-state index contributed by atoms with van der Waals surface area (Å²) in [6, 6.07) is 9.40. The smallest absolute Gasteiger partial charge is 0.306 e. The first-order valence-electron chi connectivity index (χ1n) is 9.85. The molecule has 2 heterocycles. The standard InChI is InChI=1S/C21H21FN6O2/c22-17-9-8-16(11-19(17)28(29)30)24-20-12-18(14-5-4-10-23-13-14)26-21(27-20)25-15-6-2-1-3-7-15/h4-5,8-13,15H,1-3,6-7H2,(H2,24,25,26,27). The van der Waals surface area contributed by atoms with Gasteiger partial charge in [0.05, 0.1) is 10.6 Å². The first-order valence-corrected chi connectivity index (χ1v) is 9.85. The van der Waals surface area contributed by atoms with Gasteiger partial charge in [-0.3, -0.25) is 15.1 Å². The van der Waals surface area contributed by atoms with Crippen molar-refractivity contribution in [3.8, 4) is 11.3 Å². The first-order chi connectivity index (χ1) is 14.6. The number of nitrogens with one attached hydrogen (secondary N) is 2. The Balaban J connectivity index is 1.66. The van der Waals surface area contributed by atoms with Crippen molar-refractivity contribution >= 4 is 23.1 Å². The highest BCUT2D eigenvalue weighted by Crippen LogP contribution is 2.27. The third-order valence-electron chi connectivity index (χ3n) is 5.04. The fourth-order valence-corrected chi connectivity index (χ4v) is 3.55. The Morgan fingerprint density at radius 1 is 1.10 bits per heavy atom. The van der Waals surface area contributed by atoms with Crippen molar-refractivity contribution in [3.05, 3.63) is 64.7 Å². The molecule has 0 saturated heterocycles. The van der Waals surface area contributed by atoms with E-state index in [1.165, 1.54) is 25.3 Å². The van der Waals surface area contributed by atoms with Gasteiger partial charge in [0.2, 0.25) is 11.8 Å².